The van der Waals surface area contributed by atoms with Gasteiger partial charge in [0.05, 0.1) is 0 Å². The van der Waals surface area contributed by atoms with Crippen molar-refractivity contribution in [3.05, 3.63) is 0 Å². The first-order chi connectivity index (χ1) is 1.41. The molecule has 0 aromatic heterocycles. The average molecular weight is 200 g/mol. The minimum absolute atomic E-state index is 0. The van der Waals surface area contributed by atoms with Crippen LogP contribution in [0, 0.1) is 0 Å². The van der Waals surface area contributed by atoms with Gasteiger partial charge in [-0.15, -0.1) is 0 Å². The van der Waals surface area contributed by atoms with Gasteiger partial charge in [-0.3, -0.25) is 28.2 Å². The molecule has 0 aliphatic heterocycles. The summed E-state index contributed by atoms with van der Waals surface area (Å²) in [6.07, 6.45) is 0. The van der Waals surface area contributed by atoms with Gasteiger partial charge in [0.15, 0.2) is 0 Å². The first-order valence-corrected chi connectivity index (χ1v) is 1.10. The van der Waals surface area contributed by atoms with Crippen LogP contribution >= 0.6 is 8.34 Å². The third kappa shape index (κ3) is 1770. The zero-order valence-electron chi connectivity index (χ0n) is 4.42. The van der Waals surface area contributed by atoms with Gasteiger partial charge in [-0.05, 0) is 0 Å². The topological polar surface area (TPSA) is 69.1 Å². The summed E-state index contributed by atoms with van der Waals surface area (Å²) < 4.78 is 16.7. The fourth-order valence-electron chi connectivity index (χ4n) is 0. The second-order valence-corrected chi connectivity index (χ2v) is 0.224. The molecule has 0 aliphatic rings. The summed E-state index contributed by atoms with van der Waals surface area (Å²) in [5.41, 5.74) is 0. The van der Waals surface area contributed by atoms with E-state index in [1.807, 2.05) is 0 Å². The van der Waals surface area contributed by atoms with Crippen molar-refractivity contribution < 1.29 is 37.4 Å². The van der Waals surface area contributed by atoms with Crippen molar-refractivity contribution >= 4 is 8.34 Å². The van der Waals surface area contributed by atoms with Crippen LogP contribution in [0.1, 0.15) is 0 Å². The molecule has 0 aliphatic carbocycles. The van der Waals surface area contributed by atoms with E-state index in [9.17, 15) is 0 Å². The maximum atomic E-state index is 8.35. The van der Waals surface area contributed by atoms with E-state index in [0.29, 0.717) is 0 Å². The van der Waals surface area contributed by atoms with Crippen molar-refractivity contribution in [2.45, 2.75) is 0 Å². The predicted octanol–water partition coefficient (Wildman–Crippen LogP) is 1.70. The molecule has 72 valence electrons. The van der Waals surface area contributed by atoms with E-state index in [1.54, 1.807) is 0 Å². The van der Waals surface area contributed by atoms with Gasteiger partial charge in [0.2, 0.25) is 0 Å². The standard InChI is InChI=1S/6FH.H3N.O2P/c;;;;;;;1-3-2/h6*1H;1H3;/q;;;;;;;+1. The maximum absolute atomic E-state index is 8.35. The zero-order valence-corrected chi connectivity index (χ0v) is 5.31. The van der Waals surface area contributed by atoms with Crippen LogP contribution < -0.4 is 6.15 Å². The van der Waals surface area contributed by atoms with Gasteiger partial charge < -0.3 is 6.15 Å². The van der Waals surface area contributed by atoms with Gasteiger partial charge in [-0.2, -0.15) is 0 Å². The normalized spacial score (nSPS) is 0.800. The van der Waals surface area contributed by atoms with Crippen molar-refractivity contribution in [3.8, 4) is 0 Å². The van der Waals surface area contributed by atoms with Crippen molar-refractivity contribution in [2.75, 3.05) is 0 Å². The molecule has 0 bridgehead atoms. The number of hydrogen-bond acceptors (Lipinski definition) is 3. The van der Waals surface area contributed by atoms with Gasteiger partial charge in [0.25, 0.3) is 0 Å². The third-order valence-corrected chi connectivity index (χ3v) is 0. The number of hydrogen-bond donors (Lipinski definition) is 1. The Morgan fingerprint density at radius 2 is 0.600 bits per heavy atom. The summed E-state index contributed by atoms with van der Waals surface area (Å²) in [6.45, 7) is 0. The Labute approximate surface area is 53.2 Å². The monoisotopic (exact) mass is 200 g/mol. The molecule has 3 N–H and O–H groups in total. The van der Waals surface area contributed by atoms with E-state index in [4.69, 9.17) is 9.13 Å². The summed E-state index contributed by atoms with van der Waals surface area (Å²) in [7, 11) is -1.08. The molecule has 0 saturated carbocycles. The van der Waals surface area contributed by atoms with Crippen LogP contribution in [0.3, 0.4) is 0 Å². The summed E-state index contributed by atoms with van der Waals surface area (Å²) in [4.78, 5) is 0. The quantitative estimate of drug-likeness (QED) is 0.477. The number of rotatable bonds is 0. The molecule has 0 rings (SSSR count). The van der Waals surface area contributed by atoms with Crippen LogP contribution in [-0.4, -0.2) is 0 Å². The molecule has 3 nitrogen and oxygen atoms in total. The molecule has 10 heteroatoms. The van der Waals surface area contributed by atoms with Crippen molar-refractivity contribution in [1.82, 2.24) is 6.15 Å². The van der Waals surface area contributed by atoms with E-state index in [0.717, 1.165) is 0 Å². The number of halogens is 6. The Bertz CT molecular complexity index is 36.7. The summed E-state index contributed by atoms with van der Waals surface area (Å²) in [5.74, 6) is 0. The van der Waals surface area contributed by atoms with Gasteiger partial charge in [0, 0.05) is 0 Å². The fraction of sp³-hybridized carbons (Fsp3) is 0. The van der Waals surface area contributed by atoms with Gasteiger partial charge in [-0.1, -0.05) is 0 Å². The van der Waals surface area contributed by atoms with E-state index < -0.39 is 8.34 Å². The molecule has 0 fully saturated rings. The second kappa shape index (κ2) is 1510. The third-order valence-electron chi connectivity index (χ3n) is 0. The molecule has 0 amide bonds. The first kappa shape index (κ1) is 285. The first-order valence-electron chi connectivity index (χ1n) is 0.365. The van der Waals surface area contributed by atoms with E-state index in [-0.39, 0.29) is 34.4 Å². The van der Waals surface area contributed by atoms with Crippen LogP contribution in [0.2, 0.25) is 0 Å². The van der Waals surface area contributed by atoms with Crippen LogP contribution in [0.4, 0.5) is 28.2 Å². The molecular formula is H9F6NO2P+. The molecule has 0 atom stereocenters. The Kier molecular flexibility index (Phi) is 43100. The van der Waals surface area contributed by atoms with E-state index >= 15 is 0 Å². The second-order valence-electron chi connectivity index (χ2n) is 0.0745. The van der Waals surface area contributed by atoms with Crippen LogP contribution in [0.5, 0.6) is 0 Å². The Hall–Kier alpha value is -0.430. The van der Waals surface area contributed by atoms with Crippen LogP contribution in [0.25, 0.3) is 0 Å². The molecule has 10 heavy (non-hydrogen) atoms. The Balaban J connectivity index is -0.000000000952. The molecule has 0 aromatic carbocycles. The fourth-order valence-corrected chi connectivity index (χ4v) is 0. The predicted molar refractivity (Wildman–Crippen MR) is 28.3 cm³/mol. The van der Waals surface area contributed by atoms with Crippen LogP contribution in [-0.2, 0) is 9.13 Å². The van der Waals surface area contributed by atoms with Gasteiger partial charge in [0.1, 0.15) is 0 Å². The minimum atomic E-state index is -1.08. The average Bonchev–Trinajstić information content (AvgIpc) is 0.918. The SMILES string of the molecule is F.F.F.F.F.F.N.O=[P+]=O. The summed E-state index contributed by atoms with van der Waals surface area (Å²) in [6, 6.07) is 0. The molecule has 0 unspecified atom stereocenters. The van der Waals surface area contributed by atoms with Crippen molar-refractivity contribution in [3.63, 3.8) is 0 Å². The molecule has 0 spiro atoms. The molecule has 0 radical (unpaired) electrons. The summed E-state index contributed by atoms with van der Waals surface area (Å²) in [5, 5.41) is 0. The van der Waals surface area contributed by atoms with Gasteiger partial charge >= 0.3 is 17.5 Å². The van der Waals surface area contributed by atoms with Crippen LogP contribution in [0.15, 0.2) is 0 Å². The molecular weight excluding hydrogens is 191 g/mol. The molecule has 0 aromatic rings. The van der Waals surface area contributed by atoms with E-state index in [1.165, 1.54) is 0 Å². The van der Waals surface area contributed by atoms with Crippen molar-refractivity contribution in [1.29, 1.82) is 0 Å². The van der Waals surface area contributed by atoms with E-state index in [2.05, 4.69) is 0 Å². The van der Waals surface area contributed by atoms with Crippen molar-refractivity contribution in [2.24, 2.45) is 0 Å². The molecule has 0 saturated heterocycles. The Morgan fingerprint density at radius 3 is 0.600 bits per heavy atom. The zero-order chi connectivity index (χ0) is 2.71. The molecule has 0 heterocycles. The Morgan fingerprint density at radius 1 is 0.600 bits per heavy atom. The van der Waals surface area contributed by atoms with Gasteiger partial charge in [-0.25, -0.2) is 0 Å². The summed E-state index contributed by atoms with van der Waals surface area (Å²) >= 11 is 0.